The molecule has 0 radical (unpaired) electrons. The van der Waals surface area contributed by atoms with E-state index in [2.05, 4.69) is 14.9 Å². The number of nitrogens with zero attached hydrogens (tertiary/aromatic N) is 3. The summed E-state index contributed by atoms with van der Waals surface area (Å²) >= 11 is 0. The van der Waals surface area contributed by atoms with Crippen LogP contribution in [0.3, 0.4) is 0 Å². The fraction of sp³-hybridized carbons (Fsp3) is 0.455. The van der Waals surface area contributed by atoms with Crippen LogP contribution in [0.5, 0.6) is 11.6 Å². The Labute approximate surface area is 251 Å². The molecule has 1 saturated carbocycles. The quantitative estimate of drug-likeness (QED) is 0.268. The topological polar surface area (TPSA) is 136 Å². The maximum Gasteiger partial charge on any atom is 0.303 e. The van der Waals surface area contributed by atoms with Gasteiger partial charge in [0, 0.05) is 50.2 Å². The molecule has 1 aliphatic carbocycles. The number of aromatic amines is 1. The Hall–Kier alpha value is -4.34. The van der Waals surface area contributed by atoms with Crippen LogP contribution in [-0.4, -0.2) is 58.3 Å². The average molecular weight is 589 g/mol. The molecular weight excluding hydrogens is 548 g/mol. The van der Waals surface area contributed by atoms with E-state index >= 15 is 0 Å². The number of phenolic OH excluding ortho intramolecular Hbond substituents is 1. The normalized spacial score (nSPS) is 16.2. The number of aromatic hydroxyl groups is 1. The highest BCUT2D eigenvalue weighted by molar-refractivity contribution is 6.10. The largest absolute Gasteiger partial charge is 0.508 e. The molecule has 0 spiro atoms. The molecule has 3 heterocycles. The summed E-state index contributed by atoms with van der Waals surface area (Å²) in [6.07, 6.45) is 7.12. The number of ether oxygens (including phenoxy) is 1. The van der Waals surface area contributed by atoms with Gasteiger partial charge in [0.2, 0.25) is 11.4 Å². The minimum atomic E-state index is -0.789. The van der Waals surface area contributed by atoms with Crippen molar-refractivity contribution in [2.24, 2.45) is 17.8 Å². The summed E-state index contributed by atoms with van der Waals surface area (Å²) in [5.74, 6) is 0.447. The van der Waals surface area contributed by atoms with Crippen molar-refractivity contribution in [2.75, 3.05) is 36.0 Å². The van der Waals surface area contributed by atoms with Gasteiger partial charge in [-0.2, -0.15) is 0 Å². The molecule has 10 heteroatoms. The fourth-order valence-electron chi connectivity index (χ4n) is 5.90. The number of carboxylic acid groups (broad SMARTS) is 1. The molecule has 1 amide bonds. The third-order valence-corrected chi connectivity index (χ3v) is 8.27. The molecule has 1 aromatic carbocycles. The summed E-state index contributed by atoms with van der Waals surface area (Å²) in [6.45, 7) is 6.34. The maximum absolute atomic E-state index is 13.9. The van der Waals surface area contributed by atoms with Crippen LogP contribution in [0, 0.1) is 17.8 Å². The van der Waals surface area contributed by atoms with Crippen LogP contribution in [-0.2, 0) is 4.79 Å². The molecule has 1 saturated heterocycles. The molecule has 3 aromatic rings. The van der Waals surface area contributed by atoms with Gasteiger partial charge in [0.1, 0.15) is 5.75 Å². The first kappa shape index (κ1) is 30.1. The Morgan fingerprint density at radius 2 is 1.86 bits per heavy atom. The molecule has 2 aliphatic rings. The van der Waals surface area contributed by atoms with E-state index in [9.17, 15) is 24.6 Å². The van der Waals surface area contributed by atoms with E-state index in [1.54, 1.807) is 29.3 Å². The number of piperidine rings is 1. The molecule has 2 aromatic heterocycles. The van der Waals surface area contributed by atoms with Gasteiger partial charge in [-0.1, -0.05) is 13.8 Å². The average Bonchev–Trinajstić information content (AvgIpc) is 3.83. The van der Waals surface area contributed by atoms with Crippen LogP contribution >= 0.6 is 0 Å². The van der Waals surface area contributed by atoms with Gasteiger partial charge >= 0.3 is 5.97 Å². The summed E-state index contributed by atoms with van der Waals surface area (Å²) in [5.41, 5.74) is 2.36. The predicted molar refractivity (Wildman–Crippen MR) is 164 cm³/mol. The molecule has 43 heavy (non-hydrogen) atoms. The Balaban J connectivity index is 1.25. The smallest absolute Gasteiger partial charge is 0.303 e. The van der Waals surface area contributed by atoms with Gasteiger partial charge in [-0.15, -0.1) is 0 Å². The zero-order valence-corrected chi connectivity index (χ0v) is 24.7. The highest BCUT2D eigenvalue weighted by Gasteiger charge is 2.34. The molecule has 10 nitrogen and oxygen atoms in total. The van der Waals surface area contributed by atoms with Gasteiger partial charge in [0.25, 0.3) is 5.91 Å². The standard InChI is InChI=1S/C33H40N4O6/c1-21(2)19-37(25-8-12-34-30(39)16-25)33(42)27-6-5-26(38)17-29(27)36-13-9-22(10-14-36)20-43-31-15-24(7-11-35-31)28(18-32(40)41)23-3-4-23/h5-8,11-12,15-17,21-23,28,38H,3-4,9-10,13-14,18-20H2,1-2H3,(H,34,39)(H,40,41). The fourth-order valence-corrected chi connectivity index (χ4v) is 5.90. The van der Waals surface area contributed by atoms with Crippen LogP contribution in [0.2, 0.25) is 0 Å². The van der Waals surface area contributed by atoms with Crippen LogP contribution in [0.4, 0.5) is 11.4 Å². The predicted octanol–water partition coefficient (Wildman–Crippen LogP) is 5.04. The van der Waals surface area contributed by atoms with Crippen molar-refractivity contribution in [1.82, 2.24) is 9.97 Å². The summed E-state index contributed by atoms with van der Waals surface area (Å²) < 4.78 is 6.08. The van der Waals surface area contributed by atoms with Gasteiger partial charge < -0.3 is 29.7 Å². The second kappa shape index (κ2) is 13.3. The van der Waals surface area contributed by atoms with Crippen LogP contribution in [0.15, 0.2) is 59.7 Å². The van der Waals surface area contributed by atoms with E-state index in [4.69, 9.17) is 4.74 Å². The molecule has 1 unspecified atom stereocenters. The number of aromatic nitrogens is 2. The van der Waals surface area contributed by atoms with E-state index in [1.165, 1.54) is 18.3 Å². The number of carbonyl (C=O) groups is 2. The van der Waals surface area contributed by atoms with Crippen molar-refractivity contribution in [3.8, 4) is 11.6 Å². The number of amides is 1. The first-order chi connectivity index (χ1) is 20.7. The lowest BCUT2D eigenvalue weighted by Gasteiger charge is -2.35. The van der Waals surface area contributed by atoms with Crippen molar-refractivity contribution in [1.29, 1.82) is 0 Å². The van der Waals surface area contributed by atoms with E-state index < -0.39 is 5.97 Å². The van der Waals surface area contributed by atoms with E-state index in [-0.39, 0.29) is 41.4 Å². The second-order valence-electron chi connectivity index (χ2n) is 12.1. The number of phenols is 1. The number of pyridine rings is 2. The van der Waals surface area contributed by atoms with Gasteiger partial charge in [0.15, 0.2) is 0 Å². The number of carboxylic acids is 1. The number of rotatable bonds is 12. The van der Waals surface area contributed by atoms with Crippen LogP contribution < -0.4 is 20.1 Å². The lowest BCUT2D eigenvalue weighted by atomic mass is 9.92. The summed E-state index contributed by atoms with van der Waals surface area (Å²) in [6, 6.07) is 11.7. The number of benzene rings is 1. The van der Waals surface area contributed by atoms with E-state index in [0.717, 1.165) is 31.2 Å². The zero-order chi connectivity index (χ0) is 30.5. The van der Waals surface area contributed by atoms with Gasteiger partial charge in [0.05, 0.1) is 30.0 Å². The Kier molecular flexibility index (Phi) is 9.33. The maximum atomic E-state index is 13.9. The van der Waals surface area contributed by atoms with Crippen molar-refractivity contribution >= 4 is 23.3 Å². The van der Waals surface area contributed by atoms with Crippen molar-refractivity contribution in [3.05, 3.63) is 76.3 Å². The molecule has 0 bridgehead atoms. The molecule has 228 valence electrons. The van der Waals surface area contributed by atoms with E-state index in [1.807, 2.05) is 26.0 Å². The second-order valence-corrected chi connectivity index (χ2v) is 12.1. The lowest BCUT2D eigenvalue weighted by molar-refractivity contribution is -0.137. The van der Waals surface area contributed by atoms with Gasteiger partial charge in [-0.25, -0.2) is 4.98 Å². The van der Waals surface area contributed by atoms with Gasteiger partial charge in [-0.3, -0.25) is 14.4 Å². The summed E-state index contributed by atoms with van der Waals surface area (Å²) in [4.78, 5) is 48.0. The number of nitrogens with one attached hydrogen (secondary N) is 1. The first-order valence-electron chi connectivity index (χ1n) is 15.1. The highest BCUT2D eigenvalue weighted by Crippen LogP contribution is 2.45. The monoisotopic (exact) mass is 588 g/mol. The Bertz CT molecular complexity index is 1490. The molecule has 5 rings (SSSR count). The number of hydrogen-bond acceptors (Lipinski definition) is 7. The molecule has 1 atom stereocenters. The Morgan fingerprint density at radius 1 is 1.09 bits per heavy atom. The summed E-state index contributed by atoms with van der Waals surface area (Å²) in [7, 11) is 0. The SMILES string of the molecule is CC(C)CN(C(=O)c1ccc(O)cc1N1CCC(COc2cc(C(CC(=O)O)C3CC3)ccn2)CC1)c1cc[nH]c(=O)c1. The van der Waals surface area contributed by atoms with E-state index in [0.29, 0.717) is 55.0 Å². The minimum Gasteiger partial charge on any atom is -0.508 e. The minimum absolute atomic E-state index is 0.00988. The van der Waals surface area contributed by atoms with Crippen molar-refractivity contribution in [3.63, 3.8) is 0 Å². The van der Waals surface area contributed by atoms with Crippen LogP contribution in [0.25, 0.3) is 0 Å². The number of H-pyrrole nitrogens is 1. The highest BCUT2D eigenvalue weighted by atomic mass is 16.5. The summed E-state index contributed by atoms with van der Waals surface area (Å²) in [5, 5.41) is 19.7. The molecule has 2 fully saturated rings. The first-order valence-corrected chi connectivity index (χ1v) is 15.1. The molecule has 1 aliphatic heterocycles. The zero-order valence-electron chi connectivity index (χ0n) is 24.7. The Morgan fingerprint density at radius 3 is 2.53 bits per heavy atom. The van der Waals surface area contributed by atoms with Crippen molar-refractivity contribution < 1.29 is 24.5 Å². The third kappa shape index (κ3) is 7.74. The number of anilines is 2. The number of carbonyl (C=O) groups excluding carboxylic acids is 1. The molecular formula is C33H40N4O6. The number of aliphatic carboxylic acids is 1. The third-order valence-electron chi connectivity index (χ3n) is 8.27. The lowest BCUT2D eigenvalue weighted by Crippen LogP contribution is -2.39. The van der Waals surface area contributed by atoms with Crippen LogP contribution in [0.1, 0.15) is 67.8 Å². The van der Waals surface area contributed by atoms with Gasteiger partial charge in [-0.05, 0) is 79.2 Å². The number of hydrogen-bond donors (Lipinski definition) is 3. The molecule has 3 N–H and O–H groups in total. The van der Waals surface area contributed by atoms with Crippen molar-refractivity contribution in [2.45, 2.75) is 51.9 Å².